The summed E-state index contributed by atoms with van der Waals surface area (Å²) in [7, 11) is 0. The first-order chi connectivity index (χ1) is 8.97. The third-order valence-corrected chi connectivity index (χ3v) is 7.88. The van der Waals surface area contributed by atoms with Crippen LogP contribution in [0.2, 0.25) is 0 Å². The van der Waals surface area contributed by atoms with Crippen LogP contribution < -0.4 is 5.32 Å². The lowest BCUT2D eigenvalue weighted by molar-refractivity contribution is 0.594. The predicted molar refractivity (Wildman–Crippen MR) is 91.6 cm³/mol. The molecule has 0 unspecified atom stereocenters. The molecule has 1 heterocycles. The van der Waals surface area contributed by atoms with Crippen LogP contribution in [-0.4, -0.2) is 4.55 Å². The summed E-state index contributed by atoms with van der Waals surface area (Å²) in [6, 6.07) is 7.61. The lowest BCUT2D eigenvalue weighted by atomic mass is 10.2. The van der Waals surface area contributed by atoms with Crippen LogP contribution in [0.4, 0.5) is 11.4 Å². The fraction of sp³-hybridized carbons (Fsp3) is 0. The Morgan fingerprint density at radius 3 is 1.53 bits per heavy atom. The fourth-order valence-electron chi connectivity index (χ4n) is 1.82. The van der Waals surface area contributed by atoms with Gasteiger partial charge in [-0.15, -0.1) is 0 Å². The van der Waals surface area contributed by atoms with E-state index in [1.807, 2.05) is 24.3 Å². The van der Waals surface area contributed by atoms with E-state index in [0.29, 0.717) is 0 Å². The zero-order valence-corrected chi connectivity index (χ0v) is 16.3. The number of hydrogen-bond acceptors (Lipinski definition) is 2. The van der Waals surface area contributed by atoms with Gasteiger partial charge in [-0.2, -0.15) is 0 Å². The molecule has 0 bridgehead atoms. The SMILES string of the molecule is [O-][S+]1c2cc(Br)c(Br)cc2Nc2cc(Br)c(Br)cc21. The zero-order valence-electron chi connectivity index (χ0n) is 9.14. The molecule has 3 rings (SSSR count). The van der Waals surface area contributed by atoms with Crippen molar-refractivity contribution in [3.8, 4) is 0 Å². The van der Waals surface area contributed by atoms with Gasteiger partial charge < -0.3 is 9.87 Å². The molecule has 0 saturated carbocycles. The van der Waals surface area contributed by atoms with Crippen LogP contribution >= 0.6 is 63.7 Å². The summed E-state index contributed by atoms with van der Waals surface area (Å²) >= 11 is 12.6. The highest BCUT2D eigenvalue weighted by Gasteiger charge is 2.30. The van der Waals surface area contributed by atoms with Crippen LogP contribution in [0.25, 0.3) is 0 Å². The Balaban J connectivity index is 2.20. The Morgan fingerprint density at radius 1 is 0.737 bits per heavy atom. The zero-order chi connectivity index (χ0) is 13.7. The molecule has 2 nitrogen and oxygen atoms in total. The van der Waals surface area contributed by atoms with Crippen LogP contribution in [0.3, 0.4) is 0 Å². The Kier molecular flexibility index (Phi) is 4.05. The minimum absolute atomic E-state index is 0.775. The minimum Gasteiger partial charge on any atom is -0.606 e. The van der Waals surface area contributed by atoms with Crippen LogP contribution in [-0.2, 0) is 11.2 Å². The summed E-state index contributed by atoms with van der Waals surface area (Å²) in [6.07, 6.45) is 0. The van der Waals surface area contributed by atoms with Gasteiger partial charge in [-0.25, -0.2) is 0 Å². The molecule has 98 valence electrons. The van der Waals surface area contributed by atoms with Gasteiger partial charge in [0.05, 0.1) is 11.4 Å². The van der Waals surface area contributed by atoms with E-state index in [0.717, 1.165) is 39.1 Å². The maximum absolute atomic E-state index is 12.6. The van der Waals surface area contributed by atoms with E-state index in [4.69, 9.17) is 0 Å². The van der Waals surface area contributed by atoms with Gasteiger partial charge in [0.2, 0.25) is 0 Å². The van der Waals surface area contributed by atoms with E-state index in [2.05, 4.69) is 69.0 Å². The van der Waals surface area contributed by atoms with Gasteiger partial charge in [0.1, 0.15) is 0 Å². The maximum Gasteiger partial charge on any atom is 0.183 e. The van der Waals surface area contributed by atoms with Crippen molar-refractivity contribution in [2.75, 3.05) is 5.32 Å². The third kappa shape index (κ3) is 2.53. The van der Waals surface area contributed by atoms with Crippen LogP contribution in [0.1, 0.15) is 0 Å². The first-order valence-electron chi connectivity index (χ1n) is 5.14. The van der Waals surface area contributed by atoms with Crippen molar-refractivity contribution in [1.29, 1.82) is 0 Å². The predicted octanol–water partition coefficient (Wildman–Crippen LogP) is 5.96. The topological polar surface area (TPSA) is 35.1 Å². The lowest BCUT2D eigenvalue weighted by Gasteiger charge is -2.24. The normalized spacial score (nSPS) is 13.7. The smallest absolute Gasteiger partial charge is 0.183 e. The number of anilines is 2. The summed E-state index contributed by atoms with van der Waals surface area (Å²) in [5.74, 6) is 0. The first kappa shape index (κ1) is 14.4. The largest absolute Gasteiger partial charge is 0.606 e. The molecule has 0 aromatic heterocycles. The summed E-state index contributed by atoms with van der Waals surface area (Å²) in [5, 5.41) is 3.31. The molecule has 0 radical (unpaired) electrons. The molecule has 1 aliphatic heterocycles. The highest BCUT2D eigenvalue weighted by Crippen LogP contribution is 2.44. The average molecular weight is 531 g/mol. The number of hydrogen-bond donors (Lipinski definition) is 1. The molecule has 0 spiro atoms. The Bertz CT molecular complexity index is 634. The quantitative estimate of drug-likeness (QED) is 0.427. The molecule has 1 N–H and O–H groups in total. The molecule has 1 aliphatic rings. The lowest BCUT2D eigenvalue weighted by Crippen LogP contribution is -2.14. The van der Waals surface area contributed by atoms with Crippen LogP contribution in [0, 0.1) is 0 Å². The van der Waals surface area contributed by atoms with Crippen molar-refractivity contribution in [2.24, 2.45) is 0 Å². The van der Waals surface area contributed by atoms with Gasteiger partial charge in [0, 0.05) is 41.2 Å². The fourth-order valence-corrected chi connectivity index (χ4v) is 4.81. The molecule has 7 heteroatoms. The Hall–Kier alpha value is 0.470. The molecule has 0 fully saturated rings. The van der Waals surface area contributed by atoms with Crippen LogP contribution in [0.15, 0.2) is 51.9 Å². The van der Waals surface area contributed by atoms with Crippen molar-refractivity contribution in [2.45, 2.75) is 9.79 Å². The molecular formula is C12H5Br4NOS. The van der Waals surface area contributed by atoms with E-state index in [-0.39, 0.29) is 0 Å². The first-order valence-corrected chi connectivity index (χ1v) is 9.46. The van der Waals surface area contributed by atoms with Crippen molar-refractivity contribution in [3.63, 3.8) is 0 Å². The monoisotopic (exact) mass is 527 g/mol. The summed E-state index contributed by atoms with van der Waals surface area (Å²) in [6.45, 7) is 0. The summed E-state index contributed by atoms with van der Waals surface area (Å²) in [4.78, 5) is 1.55. The molecule has 2 aromatic carbocycles. The van der Waals surface area contributed by atoms with Gasteiger partial charge in [-0.1, -0.05) is 0 Å². The van der Waals surface area contributed by atoms with E-state index >= 15 is 0 Å². The highest BCUT2D eigenvalue weighted by atomic mass is 79.9. The van der Waals surface area contributed by atoms with Crippen molar-refractivity contribution < 1.29 is 4.55 Å². The van der Waals surface area contributed by atoms with Crippen molar-refractivity contribution in [3.05, 3.63) is 42.2 Å². The molecule has 0 atom stereocenters. The second-order valence-corrected chi connectivity index (χ2v) is 8.75. The van der Waals surface area contributed by atoms with Gasteiger partial charge in [0.15, 0.2) is 9.79 Å². The number of halogens is 4. The number of fused-ring (bicyclic) bond motifs is 2. The molecule has 0 aliphatic carbocycles. The second kappa shape index (κ2) is 5.35. The molecule has 0 amide bonds. The van der Waals surface area contributed by atoms with Gasteiger partial charge >= 0.3 is 0 Å². The number of benzene rings is 2. The van der Waals surface area contributed by atoms with Gasteiger partial charge in [0.25, 0.3) is 0 Å². The standard InChI is InChI=1S/C12H5Br4NOS/c13-5-1-9-11(3-7(5)15)19(18)12-4-8(16)6(14)2-10(12)17-9/h1-4,17H. The molecule has 0 saturated heterocycles. The molecule has 19 heavy (non-hydrogen) atoms. The summed E-state index contributed by atoms with van der Waals surface area (Å²) in [5.41, 5.74) is 1.71. The molecular weight excluding hydrogens is 526 g/mol. The number of rotatable bonds is 0. The Labute approximate surface area is 147 Å². The van der Waals surface area contributed by atoms with Gasteiger partial charge in [-0.05, 0) is 75.9 Å². The molecule has 2 aromatic rings. The highest BCUT2D eigenvalue weighted by molar-refractivity contribution is 9.13. The van der Waals surface area contributed by atoms with Crippen molar-refractivity contribution >= 4 is 86.3 Å². The summed E-state index contributed by atoms with van der Waals surface area (Å²) < 4.78 is 16.3. The van der Waals surface area contributed by atoms with Crippen LogP contribution in [0.5, 0.6) is 0 Å². The third-order valence-electron chi connectivity index (χ3n) is 2.71. The maximum atomic E-state index is 12.6. The van der Waals surface area contributed by atoms with Gasteiger partial charge in [-0.3, -0.25) is 0 Å². The van der Waals surface area contributed by atoms with Crippen molar-refractivity contribution in [1.82, 2.24) is 0 Å². The minimum atomic E-state index is -1.19. The van der Waals surface area contributed by atoms with E-state index in [1.54, 1.807) is 0 Å². The van der Waals surface area contributed by atoms with E-state index in [1.165, 1.54) is 0 Å². The van der Waals surface area contributed by atoms with E-state index in [9.17, 15) is 4.55 Å². The number of nitrogens with one attached hydrogen (secondary N) is 1. The average Bonchev–Trinajstić information content (AvgIpc) is 2.35. The second-order valence-electron chi connectivity index (χ2n) is 3.92. The Morgan fingerprint density at radius 2 is 1.11 bits per heavy atom. The van der Waals surface area contributed by atoms with E-state index < -0.39 is 11.2 Å².